The fourth-order valence-electron chi connectivity index (χ4n) is 2.06. The molecule has 0 saturated carbocycles. The first-order valence-electron chi connectivity index (χ1n) is 6.85. The summed E-state index contributed by atoms with van der Waals surface area (Å²) in [6.07, 6.45) is 0. The first-order chi connectivity index (χ1) is 11.0. The van der Waals surface area contributed by atoms with Crippen LogP contribution in [0.25, 0.3) is 0 Å². The molecule has 0 unspecified atom stereocenters. The lowest BCUT2D eigenvalue weighted by Gasteiger charge is -2.21. The fourth-order valence-corrected chi connectivity index (χ4v) is 2.06. The molecule has 0 fully saturated rings. The number of hydrogen-bond donors (Lipinski definition) is 1. The van der Waals surface area contributed by atoms with Gasteiger partial charge in [-0.2, -0.15) is 0 Å². The molecule has 6 nitrogen and oxygen atoms in total. The number of carboxylic acids is 1. The van der Waals surface area contributed by atoms with Gasteiger partial charge >= 0.3 is 11.9 Å². The second-order valence-electron chi connectivity index (χ2n) is 4.71. The minimum atomic E-state index is -1.15. The number of carbonyl (C=O) groups is 3. The lowest BCUT2D eigenvalue weighted by molar-refractivity contribution is -0.135. The van der Waals surface area contributed by atoms with Crippen LogP contribution in [0.2, 0.25) is 0 Å². The molecule has 0 aliphatic rings. The molecular weight excluding hydrogens is 298 g/mol. The first kappa shape index (κ1) is 16.2. The van der Waals surface area contributed by atoms with Crippen molar-refractivity contribution in [2.45, 2.75) is 6.92 Å². The Bertz CT molecular complexity index is 727. The fraction of sp³-hybridized carbons (Fsp3) is 0.118. The smallest absolute Gasteiger partial charge is 0.323 e. The van der Waals surface area contributed by atoms with Crippen LogP contribution in [-0.2, 0) is 9.59 Å². The predicted molar refractivity (Wildman–Crippen MR) is 83.5 cm³/mol. The number of esters is 1. The van der Waals surface area contributed by atoms with Crippen molar-refractivity contribution in [3.63, 3.8) is 0 Å². The van der Waals surface area contributed by atoms with Gasteiger partial charge < -0.3 is 9.84 Å². The van der Waals surface area contributed by atoms with Crippen LogP contribution in [0.4, 0.5) is 5.69 Å². The van der Waals surface area contributed by atoms with Gasteiger partial charge in [0.25, 0.3) is 5.91 Å². The summed E-state index contributed by atoms with van der Waals surface area (Å²) in [5.74, 6) is -2.17. The Morgan fingerprint density at radius 1 is 1.00 bits per heavy atom. The Morgan fingerprint density at radius 3 is 2.22 bits per heavy atom. The molecule has 0 saturated heterocycles. The standard InChI is InChI=1S/C17H15NO5/c1-12(19)23-15-10-6-5-9-14(15)17(22)18(11-16(20)21)13-7-3-2-4-8-13/h2-10H,11H2,1H3,(H,20,21). The van der Waals surface area contributed by atoms with Gasteiger partial charge in [-0.25, -0.2) is 0 Å². The van der Waals surface area contributed by atoms with E-state index in [1.165, 1.54) is 19.1 Å². The van der Waals surface area contributed by atoms with E-state index in [4.69, 9.17) is 9.84 Å². The third-order valence-corrected chi connectivity index (χ3v) is 2.98. The lowest BCUT2D eigenvalue weighted by atomic mass is 10.1. The summed E-state index contributed by atoms with van der Waals surface area (Å²) in [4.78, 5) is 36.1. The van der Waals surface area contributed by atoms with Crippen molar-refractivity contribution < 1.29 is 24.2 Å². The molecule has 0 atom stereocenters. The highest BCUT2D eigenvalue weighted by atomic mass is 16.5. The molecule has 0 bridgehead atoms. The van der Waals surface area contributed by atoms with Gasteiger partial charge in [-0.3, -0.25) is 19.3 Å². The Morgan fingerprint density at radius 2 is 1.61 bits per heavy atom. The van der Waals surface area contributed by atoms with Crippen molar-refractivity contribution in [1.82, 2.24) is 0 Å². The van der Waals surface area contributed by atoms with Gasteiger partial charge in [0, 0.05) is 12.6 Å². The average molecular weight is 313 g/mol. The molecule has 0 aliphatic heterocycles. The summed E-state index contributed by atoms with van der Waals surface area (Å²) in [6, 6.07) is 14.6. The van der Waals surface area contributed by atoms with E-state index in [2.05, 4.69) is 0 Å². The second kappa shape index (κ2) is 7.22. The normalized spacial score (nSPS) is 9.96. The Labute approximate surface area is 132 Å². The molecule has 1 amide bonds. The molecule has 2 rings (SSSR count). The maximum absolute atomic E-state index is 12.8. The summed E-state index contributed by atoms with van der Waals surface area (Å²) < 4.78 is 5.02. The molecule has 23 heavy (non-hydrogen) atoms. The SMILES string of the molecule is CC(=O)Oc1ccccc1C(=O)N(CC(=O)O)c1ccccc1. The monoisotopic (exact) mass is 313 g/mol. The maximum Gasteiger partial charge on any atom is 0.323 e. The molecule has 0 aromatic heterocycles. The van der Waals surface area contributed by atoms with Gasteiger partial charge in [0.15, 0.2) is 0 Å². The minimum absolute atomic E-state index is 0.0938. The zero-order valence-corrected chi connectivity index (χ0v) is 12.4. The highest BCUT2D eigenvalue weighted by Gasteiger charge is 2.23. The van der Waals surface area contributed by atoms with Crippen LogP contribution in [0.1, 0.15) is 17.3 Å². The van der Waals surface area contributed by atoms with E-state index < -0.39 is 24.4 Å². The number of nitrogens with zero attached hydrogens (tertiary/aromatic N) is 1. The minimum Gasteiger partial charge on any atom is -0.480 e. The zero-order chi connectivity index (χ0) is 16.8. The van der Waals surface area contributed by atoms with Crippen molar-refractivity contribution >= 4 is 23.5 Å². The number of carboxylic acid groups (broad SMARTS) is 1. The summed E-state index contributed by atoms with van der Waals surface area (Å²) in [7, 11) is 0. The van der Waals surface area contributed by atoms with Crippen molar-refractivity contribution in [2.24, 2.45) is 0 Å². The molecule has 0 radical (unpaired) electrons. The molecule has 0 heterocycles. The van der Waals surface area contributed by atoms with E-state index in [1.807, 2.05) is 0 Å². The molecule has 118 valence electrons. The van der Waals surface area contributed by atoms with Gasteiger partial charge in [-0.15, -0.1) is 0 Å². The lowest BCUT2D eigenvalue weighted by Crippen LogP contribution is -2.36. The van der Waals surface area contributed by atoms with Gasteiger partial charge in [-0.05, 0) is 24.3 Å². The number of anilines is 1. The molecular formula is C17H15NO5. The number of aliphatic carboxylic acids is 1. The molecule has 2 aromatic rings. The van der Waals surface area contributed by atoms with Crippen LogP contribution in [0.3, 0.4) is 0 Å². The quantitative estimate of drug-likeness (QED) is 0.676. The van der Waals surface area contributed by atoms with E-state index in [0.29, 0.717) is 5.69 Å². The van der Waals surface area contributed by atoms with Crippen molar-refractivity contribution in [1.29, 1.82) is 0 Å². The van der Waals surface area contributed by atoms with E-state index >= 15 is 0 Å². The Balaban J connectivity index is 2.42. The topological polar surface area (TPSA) is 83.9 Å². The number of rotatable bonds is 5. The molecule has 6 heteroatoms. The number of benzene rings is 2. The van der Waals surface area contributed by atoms with E-state index in [-0.39, 0.29) is 11.3 Å². The van der Waals surface area contributed by atoms with Crippen molar-refractivity contribution in [3.05, 3.63) is 60.2 Å². The molecule has 0 spiro atoms. The highest BCUT2D eigenvalue weighted by molar-refractivity contribution is 6.10. The number of amides is 1. The van der Waals surface area contributed by atoms with E-state index in [0.717, 1.165) is 4.90 Å². The van der Waals surface area contributed by atoms with Gasteiger partial charge in [0.1, 0.15) is 12.3 Å². The second-order valence-corrected chi connectivity index (χ2v) is 4.71. The zero-order valence-electron chi connectivity index (χ0n) is 12.4. The van der Waals surface area contributed by atoms with Gasteiger partial charge in [0.2, 0.25) is 0 Å². The molecule has 0 aliphatic carbocycles. The summed E-state index contributed by atoms with van der Waals surface area (Å²) in [5, 5.41) is 9.08. The molecule has 2 aromatic carbocycles. The van der Waals surface area contributed by atoms with Crippen LogP contribution in [-0.4, -0.2) is 29.5 Å². The van der Waals surface area contributed by atoms with Crippen LogP contribution in [0.15, 0.2) is 54.6 Å². The van der Waals surface area contributed by atoms with E-state index in [9.17, 15) is 14.4 Å². The number of ether oxygens (including phenoxy) is 1. The van der Waals surface area contributed by atoms with Gasteiger partial charge in [-0.1, -0.05) is 30.3 Å². The van der Waals surface area contributed by atoms with Crippen LogP contribution < -0.4 is 9.64 Å². The first-order valence-corrected chi connectivity index (χ1v) is 6.85. The summed E-state index contributed by atoms with van der Waals surface area (Å²) in [6.45, 7) is 0.727. The third-order valence-electron chi connectivity index (χ3n) is 2.98. The van der Waals surface area contributed by atoms with Crippen LogP contribution in [0, 0.1) is 0 Å². The predicted octanol–water partition coefficient (Wildman–Crippen LogP) is 2.34. The largest absolute Gasteiger partial charge is 0.480 e. The number of para-hydroxylation sites is 2. The molecule has 1 N–H and O–H groups in total. The maximum atomic E-state index is 12.8. The highest BCUT2D eigenvalue weighted by Crippen LogP contribution is 2.23. The van der Waals surface area contributed by atoms with E-state index in [1.54, 1.807) is 42.5 Å². The third kappa shape index (κ3) is 4.16. The summed E-state index contributed by atoms with van der Waals surface area (Å²) >= 11 is 0. The van der Waals surface area contributed by atoms with Crippen molar-refractivity contribution in [3.8, 4) is 5.75 Å². The Hall–Kier alpha value is -3.15. The van der Waals surface area contributed by atoms with Crippen LogP contribution >= 0.6 is 0 Å². The number of hydrogen-bond acceptors (Lipinski definition) is 4. The number of carbonyl (C=O) groups excluding carboxylic acids is 2. The average Bonchev–Trinajstić information content (AvgIpc) is 2.52. The summed E-state index contributed by atoms with van der Waals surface area (Å²) in [5.41, 5.74) is 0.560. The van der Waals surface area contributed by atoms with Crippen LogP contribution in [0.5, 0.6) is 5.75 Å². The van der Waals surface area contributed by atoms with Gasteiger partial charge in [0.05, 0.1) is 5.56 Å². The van der Waals surface area contributed by atoms with Crippen molar-refractivity contribution in [2.75, 3.05) is 11.4 Å². The Kier molecular flexibility index (Phi) is 5.09.